The average molecular weight is 330 g/mol. The molecule has 2 aromatic carbocycles. The van der Waals surface area contributed by atoms with Crippen LogP contribution in [0.3, 0.4) is 0 Å². The Bertz CT molecular complexity index is 642. The number of halogens is 1. The fraction of sp³-hybridized carbons (Fsp3) is 0.0667. The van der Waals surface area contributed by atoms with Crippen LogP contribution in [0.1, 0.15) is 11.1 Å². The second-order valence-corrected chi connectivity index (χ2v) is 4.68. The highest BCUT2D eigenvalue weighted by Gasteiger charge is 2.00. The van der Waals surface area contributed by atoms with Gasteiger partial charge in [-0.1, -0.05) is 12.1 Å². The summed E-state index contributed by atoms with van der Waals surface area (Å²) in [6.07, 6.45) is 0. The molecular weight excluding hydrogens is 318 g/mol. The molecule has 0 fully saturated rings. The number of hydrogen-bond acceptors (Lipinski definition) is 4. The van der Waals surface area contributed by atoms with Crippen molar-refractivity contribution in [2.45, 2.75) is 0 Å². The molecule has 0 bridgehead atoms. The molecule has 1 N–H and O–H groups in total. The van der Waals surface area contributed by atoms with Crippen LogP contribution in [0.2, 0.25) is 0 Å². The van der Waals surface area contributed by atoms with Crippen LogP contribution in [-0.4, -0.2) is 11.7 Å². The minimum absolute atomic E-state index is 0.622. The first-order valence-corrected chi connectivity index (χ1v) is 6.66. The van der Waals surface area contributed by atoms with E-state index in [1.165, 1.54) is 0 Å². The van der Waals surface area contributed by atoms with Gasteiger partial charge in [-0.05, 0) is 52.3 Å². The SMILES string of the molecule is COc1ccc(NN=C(Br)c2ccc(C#N)cc2)cc1. The summed E-state index contributed by atoms with van der Waals surface area (Å²) in [5, 5.41) is 13.0. The molecular formula is C15H12BrN3O. The van der Waals surface area contributed by atoms with Crippen LogP contribution in [0.25, 0.3) is 0 Å². The Labute approximate surface area is 125 Å². The molecule has 20 heavy (non-hydrogen) atoms. The molecule has 0 spiro atoms. The number of nitrogens with zero attached hydrogens (tertiary/aromatic N) is 2. The van der Waals surface area contributed by atoms with E-state index in [4.69, 9.17) is 10.00 Å². The van der Waals surface area contributed by atoms with Crippen LogP contribution < -0.4 is 10.2 Å². The van der Waals surface area contributed by atoms with E-state index in [1.54, 1.807) is 19.2 Å². The maximum atomic E-state index is 8.75. The third kappa shape index (κ3) is 3.59. The van der Waals surface area contributed by atoms with Crippen LogP contribution in [0.4, 0.5) is 5.69 Å². The van der Waals surface area contributed by atoms with E-state index in [9.17, 15) is 0 Å². The van der Waals surface area contributed by atoms with Gasteiger partial charge >= 0.3 is 0 Å². The van der Waals surface area contributed by atoms with E-state index in [1.807, 2.05) is 36.4 Å². The number of rotatable bonds is 4. The van der Waals surface area contributed by atoms with E-state index in [-0.39, 0.29) is 0 Å². The Morgan fingerprint density at radius 3 is 2.35 bits per heavy atom. The smallest absolute Gasteiger partial charge is 0.133 e. The largest absolute Gasteiger partial charge is 0.497 e. The summed E-state index contributed by atoms with van der Waals surface area (Å²) in [4.78, 5) is 0. The zero-order valence-electron chi connectivity index (χ0n) is 10.8. The van der Waals surface area contributed by atoms with Gasteiger partial charge in [0.1, 0.15) is 10.4 Å². The summed E-state index contributed by atoms with van der Waals surface area (Å²) < 4.78 is 5.75. The van der Waals surface area contributed by atoms with E-state index < -0.39 is 0 Å². The van der Waals surface area contributed by atoms with Crippen molar-refractivity contribution in [3.05, 3.63) is 59.7 Å². The predicted molar refractivity (Wildman–Crippen MR) is 83.2 cm³/mol. The summed E-state index contributed by atoms with van der Waals surface area (Å²) in [7, 11) is 1.63. The normalized spacial score (nSPS) is 10.8. The minimum Gasteiger partial charge on any atom is -0.497 e. The summed E-state index contributed by atoms with van der Waals surface area (Å²) in [6.45, 7) is 0. The quantitative estimate of drug-likeness (QED) is 0.686. The zero-order valence-corrected chi connectivity index (χ0v) is 12.4. The molecule has 0 aliphatic rings. The van der Waals surface area contributed by atoms with Crippen molar-refractivity contribution in [2.24, 2.45) is 5.10 Å². The van der Waals surface area contributed by atoms with Crippen molar-refractivity contribution < 1.29 is 4.74 Å². The molecule has 0 heterocycles. The number of benzene rings is 2. The number of anilines is 1. The fourth-order valence-electron chi connectivity index (χ4n) is 1.53. The standard InChI is InChI=1S/C15H12BrN3O/c1-20-14-8-6-13(7-9-14)18-19-15(16)12-4-2-11(10-17)3-5-12/h2-9,18H,1H3. The van der Waals surface area contributed by atoms with Crippen LogP contribution in [0, 0.1) is 11.3 Å². The first-order chi connectivity index (χ1) is 9.72. The van der Waals surface area contributed by atoms with Gasteiger partial charge in [0.15, 0.2) is 0 Å². The van der Waals surface area contributed by atoms with E-state index in [2.05, 4.69) is 32.5 Å². The Hall–Kier alpha value is -2.32. The topological polar surface area (TPSA) is 57.4 Å². The van der Waals surface area contributed by atoms with Gasteiger partial charge in [0, 0.05) is 5.56 Å². The molecule has 4 nitrogen and oxygen atoms in total. The number of ether oxygens (including phenoxy) is 1. The molecule has 100 valence electrons. The van der Waals surface area contributed by atoms with Gasteiger partial charge in [0.2, 0.25) is 0 Å². The Morgan fingerprint density at radius 1 is 1.15 bits per heavy atom. The maximum absolute atomic E-state index is 8.75. The van der Waals surface area contributed by atoms with Crippen molar-refractivity contribution in [3.63, 3.8) is 0 Å². The van der Waals surface area contributed by atoms with Crippen LogP contribution in [0.5, 0.6) is 5.75 Å². The lowest BCUT2D eigenvalue weighted by Crippen LogP contribution is -1.96. The first-order valence-electron chi connectivity index (χ1n) is 5.86. The van der Waals surface area contributed by atoms with Crippen molar-refractivity contribution in [2.75, 3.05) is 12.5 Å². The van der Waals surface area contributed by atoms with Gasteiger partial charge in [0.05, 0.1) is 24.4 Å². The highest BCUT2D eigenvalue weighted by Crippen LogP contribution is 2.16. The molecule has 5 heteroatoms. The molecule has 0 unspecified atom stereocenters. The Morgan fingerprint density at radius 2 is 1.80 bits per heavy atom. The molecule has 0 saturated carbocycles. The summed E-state index contributed by atoms with van der Waals surface area (Å²) in [5.74, 6) is 0.797. The lowest BCUT2D eigenvalue weighted by molar-refractivity contribution is 0.415. The number of methoxy groups -OCH3 is 1. The summed E-state index contributed by atoms with van der Waals surface area (Å²) in [5.41, 5.74) is 5.32. The van der Waals surface area contributed by atoms with E-state index in [0.29, 0.717) is 10.2 Å². The summed E-state index contributed by atoms with van der Waals surface area (Å²) in [6, 6.07) is 16.7. The van der Waals surface area contributed by atoms with Crippen molar-refractivity contribution in [1.29, 1.82) is 5.26 Å². The van der Waals surface area contributed by atoms with Crippen molar-refractivity contribution in [3.8, 4) is 11.8 Å². The predicted octanol–water partition coefficient (Wildman–Crippen LogP) is 3.74. The van der Waals surface area contributed by atoms with E-state index in [0.717, 1.165) is 17.0 Å². The number of nitriles is 1. The van der Waals surface area contributed by atoms with Gasteiger partial charge in [0.25, 0.3) is 0 Å². The molecule has 2 rings (SSSR count). The molecule has 0 amide bonds. The number of nitrogens with one attached hydrogen (secondary N) is 1. The lowest BCUT2D eigenvalue weighted by Gasteiger charge is -2.04. The highest BCUT2D eigenvalue weighted by atomic mass is 79.9. The second kappa shape index (κ2) is 6.73. The zero-order chi connectivity index (χ0) is 14.4. The van der Waals surface area contributed by atoms with Gasteiger partial charge in [-0.15, -0.1) is 0 Å². The van der Waals surface area contributed by atoms with Crippen molar-refractivity contribution in [1.82, 2.24) is 0 Å². The fourth-order valence-corrected chi connectivity index (χ4v) is 1.88. The molecule has 0 aliphatic heterocycles. The van der Waals surface area contributed by atoms with Gasteiger partial charge in [-0.3, -0.25) is 5.43 Å². The molecule has 0 saturated heterocycles. The number of hydrazone groups is 1. The maximum Gasteiger partial charge on any atom is 0.133 e. The molecule has 0 atom stereocenters. The average Bonchev–Trinajstić information content (AvgIpc) is 2.53. The van der Waals surface area contributed by atoms with Crippen LogP contribution in [-0.2, 0) is 0 Å². The molecule has 0 aromatic heterocycles. The van der Waals surface area contributed by atoms with Gasteiger partial charge in [-0.25, -0.2) is 0 Å². The summed E-state index contributed by atoms with van der Waals surface area (Å²) >= 11 is 3.40. The van der Waals surface area contributed by atoms with E-state index >= 15 is 0 Å². The van der Waals surface area contributed by atoms with Crippen LogP contribution in [0.15, 0.2) is 53.6 Å². The van der Waals surface area contributed by atoms with Crippen LogP contribution >= 0.6 is 15.9 Å². The minimum atomic E-state index is 0.622. The Kier molecular flexibility index (Phi) is 4.75. The first kappa shape index (κ1) is 14.1. The molecule has 0 aliphatic carbocycles. The number of hydrogen-bond donors (Lipinski definition) is 1. The lowest BCUT2D eigenvalue weighted by atomic mass is 10.2. The molecule has 2 aromatic rings. The second-order valence-electron chi connectivity index (χ2n) is 3.93. The Balaban J connectivity index is 2.07. The highest BCUT2D eigenvalue weighted by molar-refractivity contribution is 9.18. The molecule has 0 radical (unpaired) electrons. The monoisotopic (exact) mass is 329 g/mol. The van der Waals surface area contributed by atoms with Crippen molar-refractivity contribution >= 4 is 26.2 Å². The third-order valence-electron chi connectivity index (χ3n) is 2.63. The van der Waals surface area contributed by atoms with Gasteiger partial charge in [-0.2, -0.15) is 10.4 Å². The van der Waals surface area contributed by atoms with Gasteiger partial charge < -0.3 is 4.74 Å². The third-order valence-corrected chi connectivity index (χ3v) is 3.26.